The van der Waals surface area contributed by atoms with Gasteiger partial charge in [0.25, 0.3) is 0 Å². The lowest BCUT2D eigenvalue weighted by Gasteiger charge is -2.18. The third-order valence-electron chi connectivity index (χ3n) is 3.10. The summed E-state index contributed by atoms with van der Waals surface area (Å²) in [5.41, 5.74) is 4.67. The Hall–Kier alpha value is -1.56. The SMILES string of the molecule is CCOc1ccc(C(NN)c2c(Cl)cnn2CC)cc1. The number of rotatable bonds is 6. The number of hydrogen-bond donors (Lipinski definition) is 2. The fraction of sp³-hybridized carbons (Fsp3) is 0.357. The van der Waals surface area contributed by atoms with E-state index in [1.54, 1.807) is 6.20 Å². The molecule has 3 N–H and O–H groups in total. The first-order valence-corrected chi connectivity index (χ1v) is 6.99. The number of aryl methyl sites for hydroxylation is 1. The van der Waals surface area contributed by atoms with Crippen LogP contribution >= 0.6 is 11.6 Å². The van der Waals surface area contributed by atoms with E-state index < -0.39 is 0 Å². The van der Waals surface area contributed by atoms with Gasteiger partial charge in [-0.1, -0.05) is 23.7 Å². The van der Waals surface area contributed by atoms with Crippen LogP contribution in [0.2, 0.25) is 5.02 Å². The van der Waals surface area contributed by atoms with Gasteiger partial charge in [0.1, 0.15) is 5.75 Å². The molecule has 0 radical (unpaired) electrons. The molecule has 0 amide bonds. The van der Waals surface area contributed by atoms with Gasteiger partial charge in [-0.2, -0.15) is 5.10 Å². The number of nitrogens with one attached hydrogen (secondary N) is 1. The predicted octanol–water partition coefficient (Wildman–Crippen LogP) is 2.51. The third kappa shape index (κ3) is 2.95. The maximum Gasteiger partial charge on any atom is 0.119 e. The van der Waals surface area contributed by atoms with E-state index in [1.807, 2.05) is 42.8 Å². The topological polar surface area (TPSA) is 65.1 Å². The molecule has 0 saturated heterocycles. The van der Waals surface area contributed by atoms with Crippen molar-refractivity contribution in [2.24, 2.45) is 5.84 Å². The van der Waals surface area contributed by atoms with E-state index in [2.05, 4.69) is 10.5 Å². The zero-order chi connectivity index (χ0) is 14.5. The van der Waals surface area contributed by atoms with Crippen molar-refractivity contribution in [1.82, 2.24) is 15.2 Å². The molecular formula is C14H19ClN4O. The number of halogens is 1. The Labute approximate surface area is 123 Å². The normalized spacial score (nSPS) is 12.4. The van der Waals surface area contributed by atoms with Crippen LogP contribution in [0.5, 0.6) is 5.75 Å². The Kier molecular flexibility index (Phi) is 5.00. The lowest BCUT2D eigenvalue weighted by Crippen LogP contribution is -2.30. The maximum absolute atomic E-state index is 6.22. The number of ether oxygens (including phenoxy) is 1. The molecule has 2 aromatic rings. The van der Waals surface area contributed by atoms with Crippen molar-refractivity contribution in [3.05, 3.63) is 46.7 Å². The minimum atomic E-state index is -0.208. The van der Waals surface area contributed by atoms with E-state index in [0.717, 1.165) is 23.6 Å². The van der Waals surface area contributed by atoms with Gasteiger partial charge >= 0.3 is 0 Å². The van der Waals surface area contributed by atoms with Crippen molar-refractivity contribution >= 4 is 11.6 Å². The number of aromatic nitrogens is 2. The van der Waals surface area contributed by atoms with Gasteiger partial charge in [-0.05, 0) is 31.5 Å². The van der Waals surface area contributed by atoms with Gasteiger partial charge in [0.15, 0.2) is 0 Å². The highest BCUT2D eigenvalue weighted by Gasteiger charge is 2.20. The highest BCUT2D eigenvalue weighted by molar-refractivity contribution is 6.31. The second-order valence-electron chi connectivity index (χ2n) is 4.30. The Morgan fingerprint density at radius 1 is 1.35 bits per heavy atom. The van der Waals surface area contributed by atoms with E-state index in [-0.39, 0.29) is 6.04 Å². The molecular weight excluding hydrogens is 276 g/mol. The molecule has 0 bridgehead atoms. The first kappa shape index (κ1) is 14.8. The lowest BCUT2D eigenvalue weighted by molar-refractivity contribution is 0.340. The predicted molar refractivity (Wildman–Crippen MR) is 79.7 cm³/mol. The first-order valence-electron chi connectivity index (χ1n) is 6.61. The summed E-state index contributed by atoms with van der Waals surface area (Å²) >= 11 is 6.22. The zero-order valence-electron chi connectivity index (χ0n) is 11.6. The van der Waals surface area contributed by atoms with Gasteiger partial charge in [0.05, 0.1) is 29.6 Å². The van der Waals surface area contributed by atoms with Crippen molar-refractivity contribution in [2.45, 2.75) is 26.4 Å². The molecule has 0 saturated carbocycles. The standard InChI is InChI=1S/C14H19ClN4O/c1-3-19-14(12(15)9-17-19)13(18-16)10-5-7-11(8-6-10)20-4-2/h5-9,13,18H,3-4,16H2,1-2H3. The molecule has 5 nitrogen and oxygen atoms in total. The Morgan fingerprint density at radius 2 is 2.05 bits per heavy atom. The molecule has 6 heteroatoms. The molecule has 1 heterocycles. The Balaban J connectivity index is 2.34. The molecule has 0 spiro atoms. The fourth-order valence-electron chi connectivity index (χ4n) is 2.17. The minimum Gasteiger partial charge on any atom is -0.494 e. The molecule has 108 valence electrons. The summed E-state index contributed by atoms with van der Waals surface area (Å²) in [6.07, 6.45) is 1.64. The molecule has 1 aromatic heterocycles. The molecule has 0 aliphatic carbocycles. The largest absolute Gasteiger partial charge is 0.494 e. The fourth-order valence-corrected chi connectivity index (χ4v) is 2.42. The summed E-state index contributed by atoms with van der Waals surface area (Å²) in [7, 11) is 0. The number of hydrazine groups is 1. The van der Waals surface area contributed by atoms with Crippen LogP contribution in [-0.2, 0) is 6.54 Å². The highest BCUT2D eigenvalue weighted by Crippen LogP contribution is 2.28. The molecule has 1 atom stereocenters. The van der Waals surface area contributed by atoms with Crippen LogP contribution in [0, 0.1) is 0 Å². The van der Waals surface area contributed by atoms with Crippen molar-refractivity contribution in [3.63, 3.8) is 0 Å². The third-order valence-corrected chi connectivity index (χ3v) is 3.39. The monoisotopic (exact) mass is 294 g/mol. The van der Waals surface area contributed by atoms with Gasteiger partial charge in [-0.15, -0.1) is 0 Å². The second kappa shape index (κ2) is 6.74. The van der Waals surface area contributed by atoms with Crippen LogP contribution in [0.25, 0.3) is 0 Å². The van der Waals surface area contributed by atoms with E-state index >= 15 is 0 Å². The average Bonchev–Trinajstić information content (AvgIpc) is 2.83. The summed E-state index contributed by atoms with van der Waals surface area (Å²) in [5, 5.41) is 4.84. The van der Waals surface area contributed by atoms with Crippen LogP contribution in [0.15, 0.2) is 30.5 Å². The quantitative estimate of drug-likeness (QED) is 0.635. The van der Waals surface area contributed by atoms with Crippen LogP contribution in [0.1, 0.15) is 31.1 Å². The van der Waals surface area contributed by atoms with Gasteiger partial charge in [-0.3, -0.25) is 10.5 Å². The van der Waals surface area contributed by atoms with Crippen molar-refractivity contribution in [2.75, 3.05) is 6.61 Å². The summed E-state index contributed by atoms with van der Waals surface area (Å²) in [6, 6.07) is 7.58. The molecule has 2 rings (SSSR count). The zero-order valence-corrected chi connectivity index (χ0v) is 12.4. The summed E-state index contributed by atoms with van der Waals surface area (Å²) in [5.74, 6) is 6.54. The molecule has 0 fully saturated rings. The molecule has 0 aliphatic rings. The van der Waals surface area contributed by atoms with E-state index in [0.29, 0.717) is 11.6 Å². The van der Waals surface area contributed by atoms with E-state index in [9.17, 15) is 0 Å². The van der Waals surface area contributed by atoms with Gasteiger partial charge < -0.3 is 4.74 Å². The smallest absolute Gasteiger partial charge is 0.119 e. The van der Waals surface area contributed by atoms with Crippen molar-refractivity contribution < 1.29 is 4.74 Å². The molecule has 20 heavy (non-hydrogen) atoms. The number of nitrogens with zero attached hydrogens (tertiary/aromatic N) is 2. The lowest BCUT2D eigenvalue weighted by atomic mass is 10.0. The van der Waals surface area contributed by atoms with Gasteiger partial charge in [0, 0.05) is 6.54 Å². The first-order chi connectivity index (χ1) is 9.71. The Bertz CT molecular complexity index is 553. The van der Waals surface area contributed by atoms with Crippen LogP contribution < -0.4 is 16.0 Å². The average molecular weight is 295 g/mol. The van der Waals surface area contributed by atoms with Crippen LogP contribution in [0.4, 0.5) is 0 Å². The van der Waals surface area contributed by atoms with Gasteiger partial charge in [0.2, 0.25) is 0 Å². The number of nitrogens with two attached hydrogens (primary N) is 1. The number of hydrogen-bond acceptors (Lipinski definition) is 4. The van der Waals surface area contributed by atoms with E-state index in [1.165, 1.54) is 0 Å². The van der Waals surface area contributed by atoms with Crippen molar-refractivity contribution in [3.8, 4) is 5.75 Å². The maximum atomic E-state index is 6.22. The summed E-state index contributed by atoms with van der Waals surface area (Å²) in [4.78, 5) is 0. The highest BCUT2D eigenvalue weighted by atomic mass is 35.5. The number of benzene rings is 1. The van der Waals surface area contributed by atoms with Crippen molar-refractivity contribution in [1.29, 1.82) is 0 Å². The van der Waals surface area contributed by atoms with Gasteiger partial charge in [-0.25, -0.2) is 5.43 Å². The Morgan fingerprint density at radius 3 is 2.60 bits per heavy atom. The van der Waals surface area contributed by atoms with E-state index in [4.69, 9.17) is 22.2 Å². The second-order valence-corrected chi connectivity index (χ2v) is 4.70. The summed E-state index contributed by atoms with van der Waals surface area (Å²) < 4.78 is 7.27. The molecule has 0 aliphatic heterocycles. The minimum absolute atomic E-state index is 0.208. The molecule has 1 unspecified atom stereocenters. The van der Waals surface area contributed by atoms with Crippen LogP contribution in [-0.4, -0.2) is 16.4 Å². The molecule has 1 aromatic carbocycles. The van der Waals surface area contributed by atoms with Crippen LogP contribution in [0.3, 0.4) is 0 Å². The summed E-state index contributed by atoms with van der Waals surface area (Å²) in [6.45, 7) is 5.35.